The number of para-hydroxylation sites is 1. The summed E-state index contributed by atoms with van der Waals surface area (Å²) in [6.45, 7) is 23.1. The normalized spacial score (nSPS) is 15.4. The van der Waals surface area contributed by atoms with Gasteiger partial charge in [0.2, 0.25) is 0 Å². The quantitative estimate of drug-likeness (QED) is 0.133. The van der Waals surface area contributed by atoms with Crippen LogP contribution in [-0.4, -0.2) is 19.6 Å². The Morgan fingerprint density at radius 1 is 0.714 bits per heavy atom. The van der Waals surface area contributed by atoms with Gasteiger partial charge in [0.25, 0.3) is 0 Å². The Bertz CT molecular complexity index is 2490. The third kappa shape index (κ3) is 4.66. The van der Waals surface area contributed by atoms with E-state index in [0.717, 1.165) is 71.7 Å². The molecule has 0 amide bonds. The van der Waals surface area contributed by atoms with Crippen molar-refractivity contribution in [2.24, 2.45) is 0 Å². The first-order valence-corrected chi connectivity index (χ1v) is 17.1. The molecule has 1 aliphatic rings. The predicted octanol–water partition coefficient (Wildman–Crippen LogP) is 11.3. The second kappa shape index (κ2) is 10.7. The molecule has 5 aromatic carbocycles. The van der Waals surface area contributed by atoms with Gasteiger partial charge in [-0.1, -0.05) is 115 Å². The van der Waals surface area contributed by atoms with E-state index in [2.05, 4.69) is 147 Å². The molecule has 3 heterocycles. The molecule has 0 saturated carbocycles. The molecular weight excluding hydrogens is 782 g/mol. The first kappa shape index (κ1) is 33.5. The molecule has 0 radical (unpaired) electrons. The van der Waals surface area contributed by atoms with Crippen LogP contribution in [0.3, 0.4) is 0 Å². The van der Waals surface area contributed by atoms with E-state index < -0.39 is 0 Å². The first-order valence-electron chi connectivity index (χ1n) is 17.1. The van der Waals surface area contributed by atoms with Crippen molar-refractivity contribution in [3.8, 4) is 28.4 Å². The second-order valence-corrected chi connectivity index (χ2v) is 16.8. The van der Waals surface area contributed by atoms with Gasteiger partial charge in [-0.05, 0) is 70.1 Å². The number of hydrogen-bond acceptors (Lipinski definition) is 3. The van der Waals surface area contributed by atoms with Crippen molar-refractivity contribution in [2.45, 2.75) is 91.0 Å². The Morgan fingerprint density at radius 3 is 2.04 bits per heavy atom. The predicted molar refractivity (Wildman–Crippen MR) is 201 cm³/mol. The number of aromatic hydroxyl groups is 1. The van der Waals surface area contributed by atoms with Crippen molar-refractivity contribution < 1.29 is 26.2 Å². The maximum Gasteiger partial charge on any atom is 0.159 e. The standard InChI is InChI=1S/C44H44N3O.Pt/c1-41(2,3)32-24-35(42(4,5)6)45-39-37(32)43(7,8)44(9,10)47-33-19-13-17-26(38(33)46-40(39)47)25-21-22-29-27-15-11-12-16-28(27)30-18-14-20-34(48)36(30)31(29)23-25;/h11-22,24,48H,1-10H3;/q-1;. The summed E-state index contributed by atoms with van der Waals surface area (Å²) in [5.74, 6) is 1.19. The number of imidazole rings is 1. The van der Waals surface area contributed by atoms with Crippen LogP contribution in [0.25, 0.3) is 66.0 Å². The Hall–Kier alpha value is -4.01. The van der Waals surface area contributed by atoms with E-state index in [-0.39, 0.29) is 48.6 Å². The fourth-order valence-electron chi connectivity index (χ4n) is 7.99. The van der Waals surface area contributed by atoms with Crippen molar-refractivity contribution in [3.05, 3.63) is 102 Å². The molecule has 4 nitrogen and oxygen atoms in total. The average molecular weight is 826 g/mol. The summed E-state index contributed by atoms with van der Waals surface area (Å²) in [4.78, 5) is 11.0. The molecule has 0 aliphatic carbocycles. The number of phenolic OH excluding ortho intramolecular Hbond substituents is 1. The fourth-order valence-corrected chi connectivity index (χ4v) is 7.99. The minimum Gasteiger partial charge on any atom is -0.515 e. The SMILES string of the molecule is CC(C)(C)c1cc(C(C)(C)C)c2c(n1)-c1nc3c(-c4[c-]c5c(cc4)c4ccccc4c4cccc(O)c54)cccc3n1C(C)(C)C2(C)C.[Pt]. The van der Waals surface area contributed by atoms with Gasteiger partial charge in [0.05, 0.1) is 22.3 Å². The van der Waals surface area contributed by atoms with E-state index in [0.29, 0.717) is 0 Å². The second-order valence-electron chi connectivity index (χ2n) is 16.8. The van der Waals surface area contributed by atoms with Crippen LogP contribution in [0.1, 0.15) is 86.1 Å². The Morgan fingerprint density at radius 2 is 1.37 bits per heavy atom. The number of aromatic nitrogens is 3. The van der Waals surface area contributed by atoms with Gasteiger partial charge in [0.1, 0.15) is 5.69 Å². The van der Waals surface area contributed by atoms with Gasteiger partial charge in [-0.2, -0.15) is 0 Å². The van der Waals surface area contributed by atoms with Gasteiger partial charge in [0, 0.05) is 37.6 Å². The molecule has 2 aromatic heterocycles. The zero-order valence-electron chi connectivity index (χ0n) is 30.1. The smallest absolute Gasteiger partial charge is 0.159 e. The molecule has 7 aromatic rings. The van der Waals surface area contributed by atoms with Gasteiger partial charge >= 0.3 is 0 Å². The molecular formula is C44H44N3OPt-. The van der Waals surface area contributed by atoms with Crippen molar-refractivity contribution in [1.82, 2.24) is 14.5 Å². The minimum absolute atomic E-state index is 0. The van der Waals surface area contributed by atoms with Gasteiger partial charge in [-0.15, -0.1) is 29.1 Å². The average Bonchev–Trinajstić information content (AvgIpc) is 3.43. The summed E-state index contributed by atoms with van der Waals surface area (Å²) in [5.41, 5.74) is 7.98. The topological polar surface area (TPSA) is 50.9 Å². The number of pyridine rings is 1. The maximum atomic E-state index is 11.2. The van der Waals surface area contributed by atoms with Gasteiger partial charge in [-0.3, -0.25) is 0 Å². The van der Waals surface area contributed by atoms with Crippen molar-refractivity contribution in [2.75, 3.05) is 0 Å². The van der Waals surface area contributed by atoms with Crippen molar-refractivity contribution >= 4 is 43.4 Å². The van der Waals surface area contributed by atoms with Crippen LogP contribution in [-0.2, 0) is 42.8 Å². The Labute approximate surface area is 303 Å². The summed E-state index contributed by atoms with van der Waals surface area (Å²) >= 11 is 0. The van der Waals surface area contributed by atoms with E-state index in [1.165, 1.54) is 11.1 Å². The molecule has 1 aliphatic heterocycles. The van der Waals surface area contributed by atoms with E-state index >= 15 is 0 Å². The monoisotopic (exact) mass is 825 g/mol. The number of nitrogens with zero attached hydrogens (tertiary/aromatic N) is 3. The molecule has 252 valence electrons. The summed E-state index contributed by atoms with van der Waals surface area (Å²) in [7, 11) is 0. The maximum absolute atomic E-state index is 11.2. The molecule has 0 fully saturated rings. The Kier molecular flexibility index (Phi) is 7.34. The molecule has 0 bridgehead atoms. The minimum atomic E-state index is -0.304. The van der Waals surface area contributed by atoms with Gasteiger partial charge < -0.3 is 9.67 Å². The molecule has 0 spiro atoms. The molecule has 1 N–H and O–H groups in total. The zero-order valence-corrected chi connectivity index (χ0v) is 32.4. The number of rotatable bonds is 1. The summed E-state index contributed by atoms with van der Waals surface area (Å²) in [6, 6.07) is 31.2. The molecule has 49 heavy (non-hydrogen) atoms. The van der Waals surface area contributed by atoms with Crippen LogP contribution in [0.15, 0.2) is 78.9 Å². The number of fused-ring (bicyclic) bond motifs is 11. The molecule has 0 atom stereocenters. The van der Waals surface area contributed by atoms with Crippen LogP contribution in [0, 0.1) is 6.07 Å². The van der Waals surface area contributed by atoms with Crippen molar-refractivity contribution in [1.29, 1.82) is 0 Å². The van der Waals surface area contributed by atoms with E-state index in [1.807, 2.05) is 6.07 Å². The third-order valence-corrected chi connectivity index (χ3v) is 11.2. The largest absolute Gasteiger partial charge is 0.515 e. The third-order valence-electron chi connectivity index (χ3n) is 11.2. The fraction of sp³-hybridized carbons (Fsp3) is 0.318. The first-order chi connectivity index (χ1) is 22.5. The van der Waals surface area contributed by atoms with Crippen LogP contribution in [0.2, 0.25) is 0 Å². The molecule has 0 saturated heterocycles. The van der Waals surface area contributed by atoms with Crippen LogP contribution in [0.4, 0.5) is 0 Å². The van der Waals surface area contributed by atoms with E-state index in [9.17, 15) is 5.11 Å². The summed E-state index contributed by atoms with van der Waals surface area (Å²) in [5, 5.41) is 17.3. The van der Waals surface area contributed by atoms with Gasteiger partial charge in [-0.25, -0.2) is 9.97 Å². The molecule has 5 heteroatoms. The Balaban J connectivity index is 0.00000378. The zero-order chi connectivity index (χ0) is 34.1. The number of benzene rings is 5. The van der Waals surface area contributed by atoms with Crippen molar-refractivity contribution in [3.63, 3.8) is 0 Å². The van der Waals surface area contributed by atoms with Crippen LogP contribution in [0.5, 0.6) is 5.75 Å². The van der Waals surface area contributed by atoms with E-state index in [4.69, 9.17) is 9.97 Å². The van der Waals surface area contributed by atoms with E-state index in [1.54, 1.807) is 6.07 Å². The number of hydrogen-bond donors (Lipinski definition) is 1. The van der Waals surface area contributed by atoms with Crippen LogP contribution >= 0.6 is 0 Å². The molecule has 0 unspecified atom stereocenters. The molecule has 8 rings (SSSR count). The summed E-state index contributed by atoms with van der Waals surface area (Å²) < 4.78 is 2.44. The summed E-state index contributed by atoms with van der Waals surface area (Å²) in [6.07, 6.45) is 0. The van der Waals surface area contributed by atoms with Gasteiger partial charge in [0.15, 0.2) is 5.82 Å². The van der Waals surface area contributed by atoms with Crippen LogP contribution < -0.4 is 0 Å². The number of phenols is 1.